The van der Waals surface area contributed by atoms with E-state index in [0.717, 1.165) is 23.1 Å². The molecule has 1 amide bonds. The van der Waals surface area contributed by atoms with Crippen molar-refractivity contribution in [2.45, 2.75) is 64.8 Å². The van der Waals surface area contributed by atoms with Crippen molar-refractivity contribution in [3.63, 3.8) is 0 Å². The number of amides is 1. The van der Waals surface area contributed by atoms with E-state index in [0.29, 0.717) is 12.4 Å². The number of benzene rings is 1. The lowest BCUT2D eigenvalue weighted by Gasteiger charge is -2.31. The van der Waals surface area contributed by atoms with Crippen LogP contribution >= 0.6 is 0 Å². The lowest BCUT2D eigenvalue weighted by atomic mass is 9.77. The maximum absolute atomic E-state index is 11.5. The molecule has 1 aliphatic heterocycles. The molecule has 1 fully saturated rings. The summed E-state index contributed by atoms with van der Waals surface area (Å²) in [6, 6.07) is 3.96. The monoisotopic (exact) mass is 305 g/mol. The molecule has 0 bridgehead atoms. The molecule has 4 heteroatoms. The lowest BCUT2D eigenvalue weighted by Crippen LogP contribution is -2.35. The summed E-state index contributed by atoms with van der Waals surface area (Å²) in [7, 11) is 0. The predicted molar refractivity (Wildman–Crippen MR) is 87.3 cm³/mol. The third-order valence-corrected chi connectivity index (χ3v) is 4.08. The van der Waals surface area contributed by atoms with E-state index < -0.39 is 0 Å². The molecule has 0 aliphatic carbocycles. The van der Waals surface area contributed by atoms with Gasteiger partial charge in [0.2, 0.25) is 0 Å². The fourth-order valence-corrected chi connectivity index (χ4v) is 2.78. The van der Waals surface area contributed by atoms with E-state index in [9.17, 15) is 9.90 Å². The van der Waals surface area contributed by atoms with Gasteiger partial charge in [-0.25, -0.2) is 4.79 Å². The van der Waals surface area contributed by atoms with Crippen molar-refractivity contribution in [2.24, 2.45) is 0 Å². The summed E-state index contributed by atoms with van der Waals surface area (Å²) >= 11 is 0. The molecule has 1 aliphatic rings. The van der Waals surface area contributed by atoms with Crippen LogP contribution in [0.2, 0.25) is 0 Å². The number of carbonyl (C=O) groups is 1. The largest absolute Gasteiger partial charge is 0.507 e. The summed E-state index contributed by atoms with van der Waals surface area (Å²) in [4.78, 5) is 11.5. The van der Waals surface area contributed by atoms with Crippen molar-refractivity contribution < 1.29 is 14.6 Å². The van der Waals surface area contributed by atoms with Crippen LogP contribution in [-0.4, -0.2) is 17.8 Å². The minimum absolute atomic E-state index is 0.0657. The number of nitrogens with one attached hydrogen (secondary N) is 1. The summed E-state index contributed by atoms with van der Waals surface area (Å²) in [6.45, 7) is 12.9. The average molecular weight is 305 g/mol. The second-order valence-corrected chi connectivity index (χ2v) is 8.09. The Morgan fingerprint density at radius 3 is 2.00 bits per heavy atom. The van der Waals surface area contributed by atoms with E-state index in [4.69, 9.17) is 4.74 Å². The first kappa shape index (κ1) is 16.7. The summed E-state index contributed by atoms with van der Waals surface area (Å²) in [5.41, 5.74) is 2.51. The first-order valence-corrected chi connectivity index (χ1v) is 7.81. The molecule has 1 atom stereocenters. The molecule has 0 radical (unpaired) electrons. The molecule has 1 aromatic carbocycles. The second-order valence-electron chi connectivity index (χ2n) is 8.09. The van der Waals surface area contributed by atoms with E-state index in [1.165, 1.54) is 0 Å². The molecule has 4 nitrogen and oxygen atoms in total. The van der Waals surface area contributed by atoms with Gasteiger partial charge in [-0.1, -0.05) is 41.5 Å². The number of alkyl carbamates (subject to hydrolysis) is 1. The van der Waals surface area contributed by atoms with Gasteiger partial charge in [-0.2, -0.15) is 0 Å². The number of phenols is 1. The highest BCUT2D eigenvalue weighted by Gasteiger charge is 2.29. The van der Waals surface area contributed by atoms with Crippen LogP contribution in [0.4, 0.5) is 4.79 Å². The van der Waals surface area contributed by atoms with Crippen molar-refractivity contribution in [3.8, 4) is 5.75 Å². The highest BCUT2D eigenvalue weighted by molar-refractivity contribution is 5.69. The standard InChI is InChI=1S/C18H27NO3/c1-17(2,3)12-9-11(14-7-8-22-16(21)19-14)10-13(15(12)20)18(4,5)6/h9-10,14,20H,7-8H2,1-6H3,(H,19,21)/t14-/m1/s1. The van der Waals surface area contributed by atoms with Crippen LogP contribution in [0.25, 0.3) is 0 Å². The van der Waals surface area contributed by atoms with Crippen LogP contribution in [0.5, 0.6) is 5.75 Å². The number of rotatable bonds is 1. The number of cyclic esters (lactones) is 1. The Morgan fingerprint density at radius 1 is 1.09 bits per heavy atom. The average Bonchev–Trinajstić information content (AvgIpc) is 2.36. The molecule has 1 aromatic rings. The van der Waals surface area contributed by atoms with E-state index in [1.54, 1.807) is 0 Å². The third-order valence-electron chi connectivity index (χ3n) is 4.08. The molecule has 0 spiro atoms. The van der Waals surface area contributed by atoms with E-state index in [-0.39, 0.29) is 23.0 Å². The molecule has 2 N–H and O–H groups in total. The number of hydrogen-bond donors (Lipinski definition) is 2. The van der Waals surface area contributed by atoms with Crippen LogP contribution in [0.15, 0.2) is 12.1 Å². The summed E-state index contributed by atoms with van der Waals surface area (Å²) in [5, 5.41) is 13.6. The molecule has 1 saturated heterocycles. The Kier molecular flexibility index (Phi) is 4.16. The molecule has 0 aromatic heterocycles. The third kappa shape index (κ3) is 3.37. The quantitative estimate of drug-likeness (QED) is 0.819. The summed E-state index contributed by atoms with van der Waals surface area (Å²) < 4.78 is 4.95. The van der Waals surface area contributed by atoms with Gasteiger partial charge in [0.1, 0.15) is 5.75 Å². The minimum atomic E-state index is -0.376. The molecule has 122 valence electrons. The molecule has 0 saturated carbocycles. The van der Waals surface area contributed by atoms with Gasteiger partial charge >= 0.3 is 6.09 Å². The lowest BCUT2D eigenvalue weighted by molar-refractivity contribution is 0.115. The number of ether oxygens (including phenoxy) is 1. The highest BCUT2D eigenvalue weighted by Crippen LogP contribution is 2.41. The van der Waals surface area contributed by atoms with Crippen LogP contribution < -0.4 is 5.32 Å². The van der Waals surface area contributed by atoms with Gasteiger partial charge in [0.15, 0.2) is 0 Å². The van der Waals surface area contributed by atoms with Crippen LogP contribution in [-0.2, 0) is 15.6 Å². The van der Waals surface area contributed by atoms with Gasteiger partial charge in [-0.05, 0) is 39.7 Å². The van der Waals surface area contributed by atoms with Gasteiger partial charge in [0.05, 0.1) is 12.6 Å². The predicted octanol–water partition coefficient (Wildman–Crippen LogP) is 4.16. The number of phenolic OH excluding ortho intramolecular Hbond substituents is 1. The van der Waals surface area contributed by atoms with E-state index in [2.05, 4.69) is 46.9 Å². The van der Waals surface area contributed by atoms with Crippen LogP contribution in [0, 0.1) is 0 Å². The zero-order valence-electron chi connectivity index (χ0n) is 14.4. The first-order valence-electron chi connectivity index (χ1n) is 7.81. The fraction of sp³-hybridized carbons (Fsp3) is 0.611. The molecular formula is C18H27NO3. The molecule has 22 heavy (non-hydrogen) atoms. The SMILES string of the molecule is CC(C)(C)c1cc([C@H]2CCOC(=O)N2)cc(C(C)(C)C)c1O. The van der Waals surface area contributed by atoms with Crippen molar-refractivity contribution in [1.82, 2.24) is 5.32 Å². The maximum Gasteiger partial charge on any atom is 0.407 e. The van der Waals surface area contributed by atoms with Crippen molar-refractivity contribution in [1.29, 1.82) is 0 Å². The van der Waals surface area contributed by atoms with Crippen molar-refractivity contribution in [3.05, 3.63) is 28.8 Å². The Morgan fingerprint density at radius 2 is 1.59 bits per heavy atom. The van der Waals surface area contributed by atoms with Crippen LogP contribution in [0.1, 0.15) is 70.7 Å². The zero-order valence-corrected chi connectivity index (χ0v) is 14.4. The van der Waals surface area contributed by atoms with Gasteiger partial charge in [0.25, 0.3) is 0 Å². The number of carbonyl (C=O) groups excluding carboxylic acids is 1. The van der Waals surface area contributed by atoms with Crippen LogP contribution in [0.3, 0.4) is 0 Å². The van der Waals surface area contributed by atoms with E-state index >= 15 is 0 Å². The Bertz CT molecular complexity index is 544. The smallest absolute Gasteiger partial charge is 0.407 e. The molecular weight excluding hydrogens is 278 g/mol. The fourth-order valence-electron chi connectivity index (χ4n) is 2.78. The normalized spacial score (nSPS) is 19.5. The highest BCUT2D eigenvalue weighted by atomic mass is 16.5. The van der Waals surface area contributed by atoms with Gasteiger partial charge < -0.3 is 15.2 Å². The Hall–Kier alpha value is -1.71. The molecule has 2 rings (SSSR count). The minimum Gasteiger partial charge on any atom is -0.507 e. The van der Waals surface area contributed by atoms with Gasteiger partial charge in [-0.3, -0.25) is 0 Å². The zero-order chi connectivity index (χ0) is 16.7. The van der Waals surface area contributed by atoms with Gasteiger partial charge in [0, 0.05) is 6.42 Å². The number of aromatic hydroxyl groups is 1. The maximum atomic E-state index is 11.5. The number of hydrogen-bond acceptors (Lipinski definition) is 3. The first-order chi connectivity index (χ1) is 10.00. The van der Waals surface area contributed by atoms with Crippen molar-refractivity contribution >= 4 is 6.09 Å². The van der Waals surface area contributed by atoms with Gasteiger partial charge in [-0.15, -0.1) is 0 Å². The van der Waals surface area contributed by atoms with E-state index in [1.807, 2.05) is 12.1 Å². The van der Waals surface area contributed by atoms with Crippen molar-refractivity contribution in [2.75, 3.05) is 6.61 Å². The second kappa shape index (κ2) is 5.49. The summed E-state index contributed by atoms with van der Waals surface area (Å²) in [6.07, 6.45) is 0.364. The topological polar surface area (TPSA) is 58.6 Å². The molecule has 1 heterocycles. The summed E-state index contributed by atoms with van der Waals surface area (Å²) in [5.74, 6) is 0.363. The Labute approximate surface area is 132 Å². The Balaban J connectivity index is 2.57. The molecule has 0 unspecified atom stereocenters.